The van der Waals surface area contributed by atoms with E-state index in [-0.39, 0.29) is 23.9 Å². The van der Waals surface area contributed by atoms with E-state index in [2.05, 4.69) is 10.6 Å². The highest BCUT2D eigenvalue weighted by Gasteiger charge is 2.09. The van der Waals surface area contributed by atoms with Gasteiger partial charge >= 0.3 is 0 Å². The Kier molecular flexibility index (Phi) is 5.27. The number of hydrogen-bond donors (Lipinski definition) is 2. The van der Waals surface area contributed by atoms with Crippen molar-refractivity contribution in [2.75, 3.05) is 13.1 Å². The average Bonchev–Trinajstić information content (AvgIpc) is 2.92. The van der Waals surface area contributed by atoms with Gasteiger partial charge in [-0.2, -0.15) is 0 Å². The molecule has 116 valence electrons. The first-order chi connectivity index (χ1) is 10.5. The van der Waals surface area contributed by atoms with Crippen LogP contribution in [-0.2, 0) is 0 Å². The molecule has 0 unspecified atom stereocenters. The maximum atomic E-state index is 13.4. The molecule has 0 saturated heterocycles. The Balaban J connectivity index is 1.77. The zero-order chi connectivity index (χ0) is 16.1. The van der Waals surface area contributed by atoms with Crippen molar-refractivity contribution in [3.05, 3.63) is 57.0 Å². The summed E-state index contributed by atoms with van der Waals surface area (Å²) >= 11 is 1.42. The van der Waals surface area contributed by atoms with E-state index in [1.807, 2.05) is 13.0 Å². The Morgan fingerprint density at radius 2 is 1.73 bits per heavy atom. The van der Waals surface area contributed by atoms with Gasteiger partial charge in [-0.1, -0.05) is 6.07 Å². The molecular formula is C16H17FN2O2S. The third-order valence-electron chi connectivity index (χ3n) is 3.09. The van der Waals surface area contributed by atoms with Gasteiger partial charge in [-0.05, 0) is 43.7 Å². The molecule has 4 nitrogen and oxygen atoms in total. The number of carbonyl (C=O) groups excluding carboxylic acids is 2. The minimum absolute atomic E-state index is 0.159. The molecule has 0 aliphatic rings. The van der Waals surface area contributed by atoms with Gasteiger partial charge in [0.05, 0.1) is 4.88 Å². The van der Waals surface area contributed by atoms with E-state index in [9.17, 15) is 14.0 Å². The number of hydrogen-bond acceptors (Lipinski definition) is 3. The molecule has 1 aromatic heterocycles. The van der Waals surface area contributed by atoms with Gasteiger partial charge in [0.1, 0.15) is 5.82 Å². The average molecular weight is 320 g/mol. The Hall–Kier alpha value is -2.21. The first-order valence-corrected chi connectivity index (χ1v) is 7.68. The van der Waals surface area contributed by atoms with Gasteiger partial charge in [0.25, 0.3) is 11.8 Å². The van der Waals surface area contributed by atoms with Gasteiger partial charge in [0, 0.05) is 23.5 Å². The van der Waals surface area contributed by atoms with Crippen LogP contribution in [0.2, 0.25) is 0 Å². The summed E-state index contributed by atoms with van der Waals surface area (Å²) in [4.78, 5) is 25.3. The van der Waals surface area contributed by atoms with Crippen LogP contribution < -0.4 is 10.6 Å². The van der Waals surface area contributed by atoms with Gasteiger partial charge < -0.3 is 10.6 Å². The molecule has 2 amide bonds. The Labute approximate surface area is 132 Å². The minimum Gasteiger partial charge on any atom is -0.350 e. The number of nitrogens with one attached hydrogen (secondary N) is 2. The Morgan fingerprint density at radius 3 is 2.32 bits per heavy atom. The summed E-state index contributed by atoms with van der Waals surface area (Å²) < 4.78 is 13.4. The van der Waals surface area contributed by atoms with Crippen molar-refractivity contribution >= 4 is 23.2 Å². The zero-order valence-corrected chi connectivity index (χ0v) is 13.2. The molecule has 1 aromatic carbocycles. The van der Waals surface area contributed by atoms with Crippen LogP contribution in [0.4, 0.5) is 4.39 Å². The number of halogens is 1. The SMILES string of the molecule is Cc1ccc(C(=O)NCCNC(=O)c2ccc(C)c(F)c2)s1. The van der Waals surface area contributed by atoms with E-state index in [0.717, 1.165) is 4.88 Å². The highest BCUT2D eigenvalue weighted by molar-refractivity contribution is 7.13. The van der Waals surface area contributed by atoms with Crippen molar-refractivity contribution in [2.24, 2.45) is 0 Å². The van der Waals surface area contributed by atoms with Crippen LogP contribution in [0.15, 0.2) is 30.3 Å². The third-order valence-corrected chi connectivity index (χ3v) is 4.09. The summed E-state index contributed by atoms with van der Waals surface area (Å²) in [6.07, 6.45) is 0. The number of aryl methyl sites for hydroxylation is 2. The first-order valence-electron chi connectivity index (χ1n) is 6.86. The molecular weight excluding hydrogens is 303 g/mol. The molecule has 2 rings (SSSR count). The maximum absolute atomic E-state index is 13.4. The highest BCUT2D eigenvalue weighted by atomic mass is 32.1. The molecule has 0 bridgehead atoms. The summed E-state index contributed by atoms with van der Waals surface area (Å²) in [7, 11) is 0. The molecule has 0 fully saturated rings. The molecule has 0 atom stereocenters. The highest BCUT2D eigenvalue weighted by Crippen LogP contribution is 2.14. The standard InChI is InChI=1S/C16H17FN2O2S/c1-10-3-5-12(9-13(10)17)15(20)18-7-8-19-16(21)14-6-4-11(2)22-14/h3-6,9H,7-8H2,1-2H3,(H,18,20)(H,19,21). The van der Waals surface area contributed by atoms with Crippen molar-refractivity contribution in [3.63, 3.8) is 0 Å². The second kappa shape index (κ2) is 7.17. The lowest BCUT2D eigenvalue weighted by Crippen LogP contribution is -2.34. The topological polar surface area (TPSA) is 58.2 Å². The van der Waals surface area contributed by atoms with Crippen LogP contribution in [0.5, 0.6) is 0 Å². The number of carbonyl (C=O) groups is 2. The summed E-state index contributed by atoms with van der Waals surface area (Å²) in [5.74, 6) is -0.928. The number of rotatable bonds is 5. The van der Waals surface area contributed by atoms with Crippen LogP contribution in [0.25, 0.3) is 0 Å². The molecule has 2 N–H and O–H groups in total. The molecule has 0 aliphatic carbocycles. The van der Waals surface area contributed by atoms with Crippen LogP contribution >= 0.6 is 11.3 Å². The lowest BCUT2D eigenvalue weighted by molar-refractivity contribution is 0.0929. The van der Waals surface area contributed by atoms with E-state index in [0.29, 0.717) is 17.0 Å². The van der Waals surface area contributed by atoms with Crippen molar-refractivity contribution < 1.29 is 14.0 Å². The minimum atomic E-state index is -0.408. The summed E-state index contributed by atoms with van der Waals surface area (Å²) in [5.41, 5.74) is 0.762. The molecule has 1 heterocycles. The van der Waals surface area contributed by atoms with E-state index >= 15 is 0 Å². The number of thiophene rings is 1. The lowest BCUT2D eigenvalue weighted by atomic mass is 10.1. The molecule has 0 saturated carbocycles. The van der Waals surface area contributed by atoms with Gasteiger partial charge in [-0.25, -0.2) is 4.39 Å². The van der Waals surface area contributed by atoms with Crippen LogP contribution in [-0.4, -0.2) is 24.9 Å². The lowest BCUT2D eigenvalue weighted by Gasteiger charge is -2.07. The Morgan fingerprint density at radius 1 is 1.05 bits per heavy atom. The van der Waals surface area contributed by atoms with Gasteiger partial charge in [-0.3, -0.25) is 9.59 Å². The van der Waals surface area contributed by atoms with Crippen molar-refractivity contribution in [2.45, 2.75) is 13.8 Å². The normalized spacial score (nSPS) is 10.3. The van der Waals surface area contributed by atoms with Crippen LogP contribution in [0.3, 0.4) is 0 Å². The molecule has 0 radical (unpaired) electrons. The van der Waals surface area contributed by atoms with Crippen molar-refractivity contribution in [3.8, 4) is 0 Å². The molecule has 6 heteroatoms. The third kappa shape index (κ3) is 4.14. The fourth-order valence-corrected chi connectivity index (χ4v) is 2.62. The van der Waals surface area contributed by atoms with Gasteiger partial charge in [0.15, 0.2) is 0 Å². The second-order valence-electron chi connectivity index (χ2n) is 4.89. The van der Waals surface area contributed by atoms with Gasteiger partial charge in [0.2, 0.25) is 0 Å². The summed E-state index contributed by atoms with van der Waals surface area (Å²) in [6, 6.07) is 7.99. The Bertz CT molecular complexity index is 697. The fraction of sp³-hybridized carbons (Fsp3) is 0.250. The van der Waals surface area contributed by atoms with E-state index in [4.69, 9.17) is 0 Å². The predicted octanol–water partition coefficient (Wildman–Crippen LogP) is 2.66. The number of benzene rings is 1. The predicted molar refractivity (Wildman–Crippen MR) is 84.9 cm³/mol. The fourth-order valence-electron chi connectivity index (χ4n) is 1.83. The van der Waals surface area contributed by atoms with E-state index in [1.54, 1.807) is 25.1 Å². The zero-order valence-electron chi connectivity index (χ0n) is 12.4. The van der Waals surface area contributed by atoms with Crippen molar-refractivity contribution in [1.29, 1.82) is 0 Å². The first kappa shape index (κ1) is 16.2. The van der Waals surface area contributed by atoms with E-state index < -0.39 is 5.82 Å². The molecule has 22 heavy (non-hydrogen) atoms. The quantitative estimate of drug-likeness (QED) is 0.832. The van der Waals surface area contributed by atoms with Crippen LogP contribution in [0, 0.1) is 19.7 Å². The second-order valence-corrected chi connectivity index (χ2v) is 6.17. The molecule has 2 aromatic rings. The number of amides is 2. The summed E-state index contributed by atoms with van der Waals surface area (Å²) in [5, 5.41) is 5.36. The maximum Gasteiger partial charge on any atom is 0.261 e. The summed E-state index contributed by atoms with van der Waals surface area (Å²) in [6.45, 7) is 4.17. The monoisotopic (exact) mass is 320 g/mol. The van der Waals surface area contributed by atoms with E-state index in [1.165, 1.54) is 17.4 Å². The van der Waals surface area contributed by atoms with Crippen molar-refractivity contribution in [1.82, 2.24) is 10.6 Å². The van der Waals surface area contributed by atoms with Gasteiger partial charge in [-0.15, -0.1) is 11.3 Å². The molecule has 0 spiro atoms. The largest absolute Gasteiger partial charge is 0.350 e. The van der Waals surface area contributed by atoms with Crippen LogP contribution in [0.1, 0.15) is 30.5 Å². The molecule has 0 aliphatic heterocycles. The smallest absolute Gasteiger partial charge is 0.261 e.